The van der Waals surface area contributed by atoms with E-state index >= 15 is 0 Å². The van der Waals surface area contributed by atoms with Gasteiger partial charge in [-0.2, -0.15) is 0 Å². The van der Waals surface area contributed by atoms with Crippen LogP contribution in [0.4, 0.5) is 0 Å². The summed E-state index contributed by atoms with van der Waals surface area (Å²) in [6.07, 6.45) is 0. The Kier molecular flexibility index (Phi) is 4.42. The van der Waals surface area contributed by atoms with Crippen LogP contribution in [0.5, 0.6) is 0 Å². The lowest BCUT2D eigenvalue weighted by Gasteiger charge is -2.22. The Hall–Kier alpha value is -1.47. The number of aromatic nitrogens is 1. The zero-order chi connectivity index (χ0) is 16.7. The van der Waals surface area contributed by atoms with Gasteiger partial charge >= 0.3 is 0 Å². The molecule has 0 unspecified atom stereocenters. The average molecular weight is 370 g/mol. The van der Waals surface area contributed by atoms with Gasteiger partial charge < -0.3 is 0 Å². The van der Waals surface area contributed by atoms with Crippen LogP contribution in [0.25, 0.3) is 0 Å². The molecule has 0 atom stereocenters. The molecule has 0 N–H and O–H groups in total. The van der Waals surface area contributed by atoms with E-state index in [1.165, 1.54) is 17.0 Å². The number of aryl methyl sites for hydroxylation is 1. The van der Waals surface area contributed by atoms with Crippen LogP contribution in [0.1, 0.15) is 31.4 Å². The second kappa shape index (κ2) is 6.20. The summed E-state index contributed by atoms with van der Waals surface area (Å²) < 4.78 is 0. The Labute approximate surface area is 147 Å². The van der Waals surface area contributed by atoms with Gasteiger partial charge in [0.05, 0.1) is 38.5 Å². The summed E-state index contributed by atoms with van der Waals surface area (Å²) in [5.41, 5.74) is 1.50. The van der Waals surface area contributed by atoms with Gasteiger partial charge in [0.2, 0.25) is 0 Å². The minimum absolute atomic E-state index is 0.179. The van der Waals surface area contributed by atoms with Crippen molar-refractivity contribution in [2.75, 3.05) is 13.7 Å². The number of imide groups is 1. The summed E-state index contributed by atoms with van der Waals surface area (Å²) in [6.45, 7) is 2.67. The molecule has 0 bridgehead atoms. The zero-order valence-electron chi connectivity index (χ0n) is 12.5. The number of nitrogens with zero attached hydrogens (tertiary/aromatic N) is 3. The molecule has 23 heavy (non-hydrogen) atoms. The molecule has 1 aromatic heterocycles. The van der Waals surface area contributed by atoms with E-state index in [9.17, 15) is 9.59 Å². The molecule has 0 radical (unpaired) electrons. The number of fused-ring (bicyclic) bond motifs is 1. The van der Waals surface area contributed by atoms with Crippen LogP contribution in [0.3, 0.4) is 0 Å². The van der Waals surface area contributed by atoms with E-state index in [-0.39, 0.29) is 28.5 Å². The molecule has 2 amide bonds. The third kappa shape index (κ3) is 3.12. The molecule has 5 nitrogen and oxygen atoms in total. The molecule has 8 heteroatoms. The minimum Gasteiger partial charge on any atom is -0.283 e. The van der Waals surface area contributed by atoms with Crippen LogP contribution in [-0.4, -0.2) is 40.3 Å². The lowest BCUT2D eigenvalue weighted by molar-refractivity contribution is 0.0558. The molecular formula is C15H13Cl2N3O2S. The summed E-state index contributed by atoms with van der Waals surface area (Å²) in [5.74, 6) is -0.713. The van der Waals surface area contributed by atoms with Crippen molar-refractivity contribution >= 4 is 46.4 Å². The molecule has 0 aliphatic carbocycles. The van der Waals surface area contributed by atoms with Crippen LogP contribution in [-0.2, 0) is 6.54 Å². The Morgan fingerprint density at radius 1 is 1.17 bits per heavy atom. The van der Waals surface area contributed by atoms with Crippen molar-refractivity contribution in [2.24, 2.45) is 0 Å². The van der Waals surface area contributed by atoms with Gasteiger partial charge in [-0.15, -0.1) is 11.3 Å². The molecule has 3 rings (SSSR count). The molecule has 1 aliphatic heterocycles. The van der Waals surface area contributed by atoms with Gasteiger partial charge in [-0.05, 0) is 26.1 Å². The zero-order valence-corrected chi connectivity index (χ0v) is 14.8. The van der Waals surface area contributed by atoms with Crippen molar-refractivity contribution in [3.8, 4) is 0 Å². The second-order valence-corrected chi connectivity index (χ2v) is 7.24. The number of halogens is 2. The van der Waals surface area contributed by atoms with Crippen LogP contribution >= 0.6 is 34.5 Å². The normalized spacial score (nSPS) is 14.0. The number of carbonyl (C=O) groups excluding carboxylic acids is 2. The van der Waals surface area contributed by atoms with E-state index in [0.29, 0.717) is 17.7 Å². The van der Waals surface area contributed by atoms with Gasteiger partial charge in [0.1, 0.15) is 0 Å². The molecule has 120 valence electrons. The molecule has 0 saturated heterocycles. The molecular weight excluding hydrogens is 357 g/mol. The third-order valence-corrected chi connectivity index (χ3v) is 5.04. The fourth-order valence-corrected chi connectivity index (χ4v) is 3.39. The molecule has 1 aliphatic rings. The first-order chi connectivity index (χ1) is 10.9. The highest BCUT2D eigenvalue weighted by Gasteiger charge is 2.36. The number of hydrogen-bond donors (Lipinski definition) is 0. The lowest BCUT2D eigenvalue weighted by atomic mass is 10.1. The van der Waals surface area contributed by atoms with E-state index < -0.39 is 0 Å². The SMILES string of the molecule is Cc1nc(CN(C)CN2C(=O)c3cc(Cl)c(Cl)cc3C2=O)cs1. The van der Waals surface area contributed by atoms with E-state index in [1.54, 1.807) is 11.3 Å². The monoisotopic (exact) mass is 369 g/mol. The van der Waals surface area contributed by atoms with Gasteiger partial charge in [-0.1, -0.05) is 23.2 Å². The van der Waals surface area contributed by atoms with Crippen molar-refractivity contribution in [1.82, 2.24) is 14.8 Å². The Bertz CT molecular complexity index is 765. The van der Waals surface area contributed by atoms with Crippen LogP contribution in [0, 0.1) is 6.92 Å². The number of benzene rings is 1. The van der Waals surface area contributed by atoms with Crippen molar-refractivity contribution in [1.29, 1.82) is 0 Å². The summed E-state index contributed by atoms with van der Waals surface area (Å²) in [5, 5.41) is 3.48. The fraction of sp³-hybridized carbons (Fsp3) is 0.267. The molecule has 2 heterocycles. The highest BCUT2D eigenvalue weighted by molar-refractivity contribution is 7.09. The van der Waals surface area contributed by atoms with Gasteiger partial charge in [-0.25, -0.2) is 4.98 Å². The Balaban J connectivity index is 1.77. The largest absolute Gasteiger partial charge is 0.283 e. The van der Waals surface area contributed by atoms with Crippen molar-refractivity contribution in [3.05, 3.63) is 49.4 Å². The first kappa shape index (κ1) is 16.4. The number of thiazole rings is 1. The smallest absolute Gasteiger partial charge is 0.262 e. The van der Waals surface area contributed by atoms with Crippen LogP contribution in [0.15, 0.2) is 17.5 Å². The summed E-state index contributed by atoms with van der Waals surface area (Å²) in [4.78, 5) is 32.3. The molecule has 2 aromatic rings. The maximum atomic E-state index is 12.4. The first-order valence-electron chi connectivity index (χ1n) is 6.81. The first-order valence-corrected chi connectivity index (χ1v) is 8.45. The number of carbonyl (C=O) groups is 2. The average Bonchev–Trinajstić information content (AvgIpc) is 2.98. The van der Waals surface area contributed by atoms with Crippen molar-refractivity contribution in [3.63, 3.8) is 0 Å². The standard InChI is InChI=1S/C15H13Cl2N3O2S/c1-8-18-9(6-23-8)5-19(2)7-20-14(21)10-3-12(16)13(17)4-11(10)15(20)22/h3-4,6H,5,7H2,1-2H3. The quantitative estimate of drug-likeness (QED) is 0.774. The Morgan fingerprint density at radius 3 is 2.22 bits per heavy atom. The third-order valence-electron chi connectivity index (χ3n) is 3.49. The van der Waals surface area contributed by atoms with E-state index in [2.05, 4.69) is 4.98 Å². The van der Waals surface area contributed by atoms with Gasteiger partial charge in [0.25, 0.3) is 11.8 Å². The maximum absolute atomic E-state index is 12.4. The highest BCUT2D eigenvalue weighted by atomic mass is 35.5. The van der Waals surface area contributed by atoms with Gasteiger partial charge in [0, 0.05) is 11.9 Å². The van der Waals surface area contributed by atoms with E-state index in [1.807, 2.05) is 24.3 Å². The summed E-state index contributed by atoms with van der Waals surface area (Å²) >= 11 is 13.4. The topological polar surface area (TPSA) is 53.5 Å². The number of rotatable bonds is 4. The molecule has 0 saturated carbocycles. The molecule has 1 aromatic carbocycles. The highest BCUT2D eigenvalue weighted by Crippen LogP contribution is 2.31. The van der Waals surface area contributed by atoms with Gasteiger partial charge in [0.15, 0.2) is 0 Å². The maximum Gasteiger partial charge on any atom is 0.262 e. The molecule has 0 spiro atoms. The Morgan fingerprint density at radius 2 is 1.74 bits per heavy atom. The predicted octanol–water partition coefficient (Wildman–Crippen LogP) is 3.44. The lowest BCUT2D eigenvalue weighted by Crippen LogP contribution is -2.39. The minimum atomic E-state index is -0.357. The fourth-order valence-electron chi connectivity index (χ4n) is 2.46. The number of hydrogen-bond acceptors (Lipinski definition) is 5. The van der Waals surface area contributed by atoms with Crippen molar-refractivity contribution in [2.45, 2.75) is 13.5 Å². The van der Waals surface area contributed by atoms with Crippen LogP contribution < -0.4 is 0 Å². The van der Waals surface area contributed by atoms with E-state index in [4.69, 9.17) is 23.2 Å². The predicted molar refractivity (Wildman–Crippen MR) is 90.1 cm³/mol. The summed E-state index contributed by atoms with van der Waals surface area (Å²) in [6, 6.07) is 2.90. The summed E-state index contributed by atoms with van der Waals surface area (Å²) in [7, 11) is 1.83. The van der Waals surface area contributed by atoms with Crippen molar-refractivity contribution < 1.29 is 9.59 Å². The van der Waals surface area contributed by atoms with Crippen LogP contribution in [0.2, 0.25) is 10.0 Å². The second-order valence-electron chi connectivity index (χ2n) is 5.36. The van der Waals surface area contributed by atoms with Gasteiger partial charge in [-0.3, -0.25) is 19.4 Å². The van der Waals surface area contributed by atoms with E-state index in [0.717, 1.165) is 10.7 Å². The molecule has 0 fully saturated rings. The number of amides is 2.